The van der Waals surface area contributed by atoms with Crippen molar-refractivity contribution in [2.45, 2.75) is 105 Å². The van der Waals surface area contributed by atoms with E-state index in [1.54, 1.807) is 0 Å². The maximum atomic E-state index is 13.3. The van der Waals surface area contributed by atoms with Crippen molar-refractivity contribution < 1.29 is 31.8 Å². The van der Waals surface area contributed by atoms with Crippen molar-refractivity contribution in [1.82, 2.24) is 0 Å². The number of carbonyl (C=O) groups excluding carboxylic acids is 2. The van der Waals surface area contributed by atoms with Gasteiger partial charge in [-0.3, -0.25) is 14.1 Å². The standard InChI is InChI=1S/C30H48O7S/c1-19(2)14-21(32)15-20(3)22-8-10-27(5)23-6-7-24-28(17-31,18-37-38(34,35)36)25(33)9-11-29(24)16-30(23,29)13-12-26(22,27)4/h19-20,22-24,31H,6-18H2,1-5H3,(H,34,35,36)/t20-,22-,23?,24+,26-,27+,28+,29-,30+/m1/s1. The van der Waals surface area contributed by atoms with Crippen LogP contribution >= 0.6 is 0 Å². The predicted molar refractivity (Wildman–Crippen MR) is 143 cm³/mol. The minimum absolute atomic E-state index is 0.0730. The number of aliphatic hydroxyl groups is 1. The number of rotatable bonds is 9. The normalized spacial score (nSPS) is 46.6. The van der Waals surface area contributed by atoms with Gasteiger partial charge in [0.05, 0.1) is 18.6 Å². The van der Waals surface area contributed by atoms with Crippen LogP contribution < -0.4 is 0 Å². The summed E-state index contributed by atoms with van der Waals surface area (Å²) < 4.78 is 37.0. The van der Waals surface area contributed by atoms with E-state index in [-0.39, 0.29) is 33.4 Å². The van der Waals surface area contributed by atoms with Gasteiger partial charge in [-0.25, -0.2) is 4.18 Å². The molecule has 9 atom stereocenters. The Kier molecular flexibility index (Phi) is 6.86. The second kappa shape index (κ2) is 9.09. The Hall–Kier alpha value is -0.830. The molecular formula is C30H48O7S. The van der Waals surface area contributed by atoms with E-state index >= 15 is 0 Å². The second-order valence-electron chi connectivity index (χ2n) is 14.9. The van der Waals surface area contributed by atoms with Gasteiger partial charge in [-0.15, -0.1) is 0 Å². The van der Waals surface area contributed by atoms with Gasteiger partial charge < -0.3 is 5.11 Å². The molecule has 0 aliphatic heterocycles. The van der Waals surface area contributed by atoms with Gasteiger partial charge >= 0.3 is 10.4 Å². The molecule has 0 amide bonds. The molecule has 0 aromatic carbocycles. The van der Waals surface area contributed by atoms with Crippen molar-refractivity contribution in [2.24, 2.45) is 56.7 Å². The molecule has 5 fully saturated rings. The van der Waals surface area contributed by atoms with Crippen LogP contribution in [0, 0.1) is 56.7 Å². The fraction of sp³-hybridized carbons (Fsp3) is 0.933. The van der Waals surface area contributed by atoms with Crippen LogP contribution in [0.15, 0.2) is 0 Å². The molecule has 5 rings (SSSR count). The number of ketones is 2. The van der Waals surface area contributed by atoms with Gasteiger partial charge in [-0.1, -0.05) is 34.6 Å². The van der Waals surface area contributed by atoms with E-state index in [2.05, 4.69) is 34.6 Å². The third-order valence-electron chi connectivity index (χ3n) is 13.2. The number of hydrogen-bond acceptors (Lipinski definition) is 6. The third kappa shape index (κ3) is 3.86. The average Bonchev–Trinajstić information content (AvgIpc) is 3.40. The molecule has 0 saturated heterocycles. The molecule has 8 heteroatoms. The molecular weight excluding hydrogens is 504 g/mol. The van der Waals surface area contributed by atoms with E-state index in [9.17, 15) is 27.7 Å². The largest absolute Gasteiger partial charge is 0.397 e. The van der Waals surface area contributed by atoms with Gasteiger partial charge in [0.2, 0.25) is 0 Å². The first-order valence-electron chi connectivity index (χ1n) is 14.9. The molecule has 1 unspecified atom stereocenters. The Morgan fingerprint density at radius 3 is 2.26 bits per heavy atom. The van der Waals surface area contributed by atoms with Crippen molar-refractivity contribution in [2.75, 3.05) is 13.2 Å². The van der Waals surface area contributed by atoms with Crippen LogP contribution in [0.3, 0.4) is 0 Å². The summed E-state index contributed by atoms with van der Waals surface area (Å²) in [6, 6.07) is 0. The van der Waals surface area contributed by atoms with Crippen LogP contribution in [0.5, 0.6) is 0 Å². The number of hydrogen-bond donors (Lipinski definition) is 2. The average molecular weight is 553 g/mol. The smallest absolute Gasteiger partial charge is 0.395 e. The monoisotopic (exact) mass is 552 g/mol. The zero-order valence-corrected chi connectivity index (χ0v) is 24.7. The Balaban J connectivity index is 1.41. The summed E-state index contributed by atoms with van der Waals surface area (Å²) in [4.78, 5) is 26.0. The molecule has 0 heterocycles. The van der Waals surface area contributed by atoms with Crippen molar-refractivity contribution in [1.29, 1.82) is 0 Å². The summed E-state index contributed by atoms with van der Waals surface area (Å²) in [7, 11) is -4.71. The molecule has 2 spiro atoms. The molecule has 0 aromatic rings. The SMILES string of the molecule is CC(C)CC(=O)C[C@@H](C)[C@H]1CC[C@@]2(C)C3CC[C@H]4[C@](CO)(COS(=O)(=O)O)C(=O)CC[C@@]45C[C@@]35CC[C@]12C. The van der Waals surface area contributed by atoms with E-state index in [4.69, 9.17) is 4.18 Å². The van der Waals surface area contributed by atoms with Crippen LogP contribution in [-0.4, -0.2) is 42.9 Å². The van der Waals surface area contributed by atoms with Gasteiger partial charge in [0.15, 0.2) is 0 Å². The lowest BCUT2D eigenvalue weighted by Gasteiger charge is -2.63. The van der Waals surface area contributed by atoms with Crippen molar-refractivity contribution in [3.8, 4) is 0 Å². The first-order valence-corrected chi connectivity index (χ1v) is 16.2. The van der Waals surface area contributed by atoms with E-state index in [0.29, 0.717) is 48.7 Å². The summed E-state index contributed by atoms with van der Waals surface area (Å²) in [5.41, 5.74) is -0.892. The lowest BCUT2D eigenvalue weighted by atomic mass is 9.41. The quantitative estimate of drug-likeness (QED) is 0.367. The highest BCUT2D eigenvalue weighted by molar-refractivity contribution is 7.80. The Morgan fingerprint density at radius 2 is 1.63 bits per heavy atom. The highest BCUT2D eigenvalue weighted by Crippen LogP contribution is 2.88. The van der Waals surface area contributed by atoms with Crippen LogP contribution in [0.4, 0.5) is 0 Å². The minimum atomic E-state index is -4.71. The fourth-order valence-corrected chi connectivity index (χ4v) is 11.8. The highest BCUT2D eigenvalue weighted by atomic mass is 32.3. The number of Topliss-reactive ketones (excluding diaryl/α,β-unsaturated/α-hetero) is 2. The lowest BCUT2D eigenvalue weighted by molar-refractivity contribution is -0.170. The Morgan fingerprint density at radius 1 is 0.974 bits per heavy atom. The van der Waals surface area contributed by atoms with Gasteiger partial charge in [-0.2, -0.15) is 8.42 Å². The Bertz CT molecular complexity index is 1100. The maximum Gasteiger partial charge on any atom is 0.397 e. The predicted octanol–water partition coefficient (Wildman–Crippen LogP) is 5.41. The molecule has 0 aromatic heterocycles. The van der Waals surface area contributed by atoms with Gasteiger partial charge in [0.25, 0.3) is 0 Å². The first kappa shape index (κ1) is 28.7. The van der Waals surface area contributed by atoms with E-state index in [1.807, 2.05) is 0 Å². The molecule has 2 N–H and O–H groups in total. The zero-order chi connectivity index (χ0) is 27.9. The molecule has 5 aliphatic carbocycles. The summed E-state index contributed by atoms with van der Waals surface area (Å²) >= 11 is 0. The van der Waals surface area contributed by atoms with Crippen LogP contribution in [0.2, 0.25) is 0 Å². The minimum Gasteiger partial charge on any atom is -0.395 e. The van der Waals surface area contributed by atoms with E-state index in [0.717, 1.165) is 44.9 Å². The lowest BCUT2D eigenvalue weighted by Crippen LogP contribution is -2.60. The Labute approximate surface area is 228 Å². The molecule has 5 aliphatic rings. The van der Waals surface area contributed by atoms with Crippen molar-refractivity contribution in [3.05, 3.63) is 0 Å². The highest BCUT2D eigenvalue weighted by Gasteiger charge is 2.83. The summed E-state index contributed by atoms with van der Waals surface area (Å²) in [5.74, 6) is 1.95. The summed E-state index contributed by atoms with van der Waals surface area (Å²) in [6.07, 6.45) is 9.77. The summed E-state index contributed by atoms with van der Waals surface area (Å²) in [5, 5.41) is 10.5. The van der Waals surface area contributed by atoms with Gasteiger partial charge in [0.1, 0.15) is 11.6 Å². The van der Waals surface area contributed by atoms with Gasteiger partial charge in [-0.05, 0) is 103 Å². The first-order chi connectivity index (χ1) is 17.6. The molecule has 216 valence electrons. The van der Waals surface area contributed by atoms with Crippen LogP contribution in [0.1, 0.15) is 105 Å². The molecule has 5 saturated carbocycles. The summed E-state index contributed by atoms with van der Waals surface area (Å²) in [6.45, 7) is 10.6. The van der Waals surface area contributed by atoms with Crippen molar-refractivity contribution >= 4 is 22.0 Å². The number of carbonyl (C=O) groups is 2. The fourth-order valence-electron chi connectivity index (χ4n) is 11.4. The van der Waals surface area contributed by atoms with Crippen LogP contribution in [0.25, 0.3) is 0 Å². The zero-order valence-electron chi connectivity index (χ0n) is 23.9. The molecule has 7 nitrogen and oxygen atoms in total. The second-order valence-corrected chi connectivity index (χ2v) is 16.0. The van der Waals surface area contributed by atoms with E-state index in [1.165, 1.54) is 6.42 Å². The number of aliphatic hydroxyl groups excluding tert-OH is 1. The number of fused-ring (bicyclic) bond motifs is 2. The molecule has 0 bridgehead atoms. The van der Waals surface area contributed by atoms with E-state index < -0.39 is 29.0 Å². The van der Waals surface area contributed by atoms with Crippen molar-refractivity contribution in [3.63, 3.8) is 0 Å². The molecule has 38 heavy (non-hydrogen) atoms. The third-order valence-corrected chi connectivity index (χ3v) is 13.6. The maximum absolute atomic E-state index is 13.3. The van der Waals surface area contributed by atoms with Crippen LogP contribution in [-0.2, 0) is 24.2 Å². The van der Waals surface area contributed by atoms with Gasteiger partial charge in [0, 0.05) is 19.3 Å². The molecule has 0 radical (unpaired) electrons. The topological polar surface area (TPSA) is 118 Å².